The van der Waals surface area contributed by atoms with Crippen LogP contribution in [0.3, 0.4) is 0 Å². The van der Waals surface area contributed by atoms with Crippen molar-refractivity contribution in [1.82, 2.24) is 10.2 Å². The second-order valence-electron chi connectivity index (χ2n) is 5.80. The van der Waals surface area contributed by atoms with Gasteiger partial charge in [-0.05, 0) is 56.1 Å². The summed E-state index contributed by atoms with van der Waals surface area (Å²) in [6.45, 7) is 5.83. The molecule has 1 saturated heterocycles. The molecule has 114 valence electrons. The maximum atomic E-state index is 13.4. The largest absolute Gasteiger partial charge is 0.313 e. The van der Waals surface area contributed by atoms with Crippen molar-refractivity contribution in [2.75, 3.05) is 19.6 Å². The summed E-state index contributed by atoms with van der Waals surface area (Å²) in [4.78, 5) is 2.33. The predicted octanol–water partition coefficient (Wildman–Crippen LogP) is 3.05. The van der Waals surface area contributed by atoms with Crippen molar-refractivity contribution in [2.45, 2.75) is 45.2 Å². The van der Waals surface area contributed by atoms with E-state index in [9.17, 15) is 9.65 Å². The predicted molar refractivity (Wildman–Crippen MR) is 82.3 cm³/mol. The molecule has 1 aliphatic heterocycles. The van der Waals surface area contributed by atoms with Gasteiger partial charge in [0.1, 0.15) is 5.82 Å². The summed E-state index contributed by atoms with van der Waals surface area (Å²) >= 11 is 0. The molecule has 1 atom stereocenters. The van der Waals surface area contributed by atoms with Gasteiger partial charge in [0.25, 0.3) is 0 Å². The lowest BCUT2D eigenvalue weighted by molar-refractivity contribution is 0.217. The molecule has 1 aliphatic rings. The Morgan fingerprint density at radius 2 is 2.29 bits per heavy atom. The number of nitriles is 1. The molecule has 3 nitrogen and oxygen atoms in total. The molecule has 0 saturated carbocycles. The second-order valence-corrected chi connectivity index (χ2v) is 5.80. The van der Waals surface area contributed by atoms with Crippen LogP contribution < -0.4 is 5.32 Å². The highest BCUT2D eigenvalue weighted by atomic mass is 19.1. The minimum Gasteiger partial charge on any atom is -0.313 e. The number of nitrogens with one attached hydrogen (secondary N) is 1. The van der Waals surface area contributed by atoms with Crippen LogP contribution in [0.1, 0.15) is 43.7 Å². The average Bonchev–Trinajstić information content (AvgIpc) is 2.49. The SMILES string of the molecule is CCCN(Cc1cc(F)ccc1C#N)CC1CCCCN1. The molecular formula is C17H24FN3. The lowest BCUT2D eigenvalue weighted by Crippen LogP contribution is -2.43. The van der Waals surface area contributed by atoms with E-state index in [1.54, 1.807) is 6.07 Å². The first kappa shape index (κ1) is 15.9. The molecule has 0 radical (unpaired) electrons. The average molecular weight is 289 g/mol. The lowest BCUT2D eigenvalue weighted by atomic mass is 10.0. The van der Waals surface area contributed by atoms with Crippen LogP contribution in [0.25, 0.3) is 0 Å². The zero-order valence-corrected chi connectivity index (χ0v) is 12.7. The van der Waals surface area contributed by atoms with E-state index in [-0.39, 0.29) is 5.82 Å². The zero-order valence-electron chi connectivity index (χ0n) is 12.7. The van der Waals surface area contributed by atoms with E-state index >= 15 is 0 Å². The summed E-state index contributed by atoms with van der Waals surface area (Å²) in [5, 5.41) is 12.7. The summed E-state index contributed by atoms with van der Waals surface area (Å²) in [6, 6.07) is 7.11. The first-order chi connectivity index (χ1) is 10.2. The van der Waals surface area contributed by atoms with Crippen LogP contribution in [0.15, 0.2) is 18.2 Å². The van der Waals surface area contributed by atoms with Gasteiger partial charge in [0.05, 0.1) is 11.6 Å². The molecule has 0 aliphatic carbocycles. The molecule has 0 amide bonds. The topological polar surface area (TPSA) is 39.1 Å². The van der Waals surface area contributed by atoms with Crippen LogP contribution in [-0.2, 0) is 6.54 Å². The number of benzene rings is 1. The lowest BCUT2D eigenvalue weighted by Gasteiger charge is -2.30. The maximum Gasteiger partial charge on any atom is 0.123 e. The Morgan fingerprint density at radius 1 is 1.43 bits per heavy atom. The normalized spacial score (nSPS) is 18.7. The van der Waals surface area contributed by atoms with Crippen molar-refractivity contribution in [2.24, 2.45) is 0 Å². The summed E-state index contributed by atoms with van der Waals surface area (Å²) in [5.74, 6) is -0.267. The maximum absolute atomic E-state index is 13.4. The molecule has 4 heteroatoms. The Kier molecular flexibility index (Phi) is 6.16. The minimum absolute atomic E-state index is 0.267. The Bertz CT molecular complexity index is 489. The molecule has 1 heterocycles. The van der Waals surface area contributed by atoms with Crippen LogP contribution in [-0.4, -0.2) is 30.6 Å². The third-order valence-corrected chi connectivity index (χ3v) is 4.01. The van der Waals surface area contributed by atoms with Crippen LogP contribution in [0.5, 0.6) is 0 Å². The summed E-state index contributed by atoms with van der Waals surface area (Å²) < 4.78 is 13.4. The van der Waals surface area contributed by atoms with Gasteiger partial charge in [-0.3, -0.25) is 4.90 Å². The van der Waals surface area contributed by atoms with Gasteiger partial charge in [-0.2, -0.15) is 5.26 Å². The Labute approximate surface area is 126 Å². The van der Waals surface area contributed by atoms with Crippen LogP contribution >= 0.6 is 0 Å². The van der Waals surface area contributed by atoms with Crippen LogP contribution in [0, 0.1) is 17.1 Å². The van der Waals surface area contributed by atoms with Gasteiger partial charge >= 0.3 is 0 Å². The quantitative estimate of drug-likeness (QED) is 0.875. The molecule has 1 unspecified atom stereocenters. The van der Waals surface area contributed by atoms with Crippen molar-refractivity contribution in [3.63, 3.8) is 0 Å². The van der Waals surface area contributed by atoms with Gasteiger partial charge in [-0.1, -0.05) is 13.3 Å². The molecule has 0 spiro atoms. The number of rotatable bonds is 6. The first-order valence-corrected chi connectivity index (χ1v) is 7.87. The van der Waals surface area contributed by atoms with Crippen molar-refractivity contribution in [1.29, 1.82) is 5.26 Å². The molecule has 1 fully saturated rings. The first-order valence-electron chi connectivity index (χ1n) is 7.87. The van der Waals surface area contributed by atoms with E-state index in [1.807, 2.05) is 0 Å². The fraction of sp³-hybridized carbons (Fsp3) is 0.588. The Morgan fingerprint density at radius 3 is 2.95 bits per heavy atom. The summed E-state index contributed by atoms with van der Waals surface area (Å²) in [6.07, 6.45) is 4.80. The van der Waals surface area contributed by atoms with Crippen molar-refractivity contribution in [3.8, 4) is 6.07 Å². The van der Waals surface area contributed by atoms with E-state index in [0.29, 0.717) is 18.2 Å². The monoisotopic (exact) mass is 289 g/mol. The summed E-state index contributed by atoms with van der Waals surface area (Å²) in [5.41, 5.74) is 1.37. The highest BCUT2D eigenvalue weighted by Gasteiger charge is 2.17. The van der Waals surface area contributed by atoms with E-state index in [1.165, 1.54) is 31.4 Å². The van der Waals surface area contributed by atoms with E-state index in [4.69, 9.17) is 0 Å². The van der Waals surface area contributed by atoms with Gasteiger partial charge in [0.15, 0.2) is 0 Å². The molecule has 2 rings (SSSR count). The van der Waals surface area contributed by atoms with Gasteiger partial charge in [0, 0.05) is 19.1 Å². The van der Waals surface area contributed by atoms with E-state index in [2.05, 4.69) is 23.2 Å². The number of hydrogen-bond acceptors (Lipinski definition) is 3. The summed E-state index contributed by atoms with van der Waals surface area (Å²) in [7, 11) is 0. The third-order valence-electron chi connectivity index (χ3n) is 4.01. The molecule has 0 bridgehead atoms. The highest BCUT2D eigenvalue weighted by molar-refractivity contribution is 5.37. The molecule has 1 aromatic rings. The zero-order chi connectivity index (χ0) is 15.1. The number of nitrogens with zero attached hydrogens (tertiary/aromatic N) is 2. The fourth-order valence-corrected chi connectivity index (χ4v) is 2.99. The fourth-order valence-electron chi connectivity index (χ4n) is 2.99. The molecular weight excluding hydrogens is 265 g/mol. The van der Waals surface area contributed by atoms with Crippen molar-refractivity contribution >= 4 is 0 Å². The molecule has 1 N–H and O–H groups in total. The second kappa shape index (κ2) is 8.11. The Balaban J connectivity index is 2.04. The van der Waals surface area contributed by atoms with Gasteiger partial charge in [-0.25, -0.2) is 4.39 Å². The van der Waals surface area contributed by atoms with E-state index < -0.39 is 0 Å². The van der Waals surface area contributed by atoms with Crippen molar-refractivity contribution < 1.29 is 4.39 Å². The number of halogens is 1. The van der Waals surface area contributed by atoms with Crippen molar-refractivity contribution in [3.05, 3.63) is 35.1 Å². The third kappa shape index (κ3) is 4.80. The standard InChI is InChI=1S/C17H24FN3/c1-2-9-21(13-17-5-3-4-8-20-17)12-15-10-16(18)7-6-14(15)11-19/h6-7,10,17,20H,2-5,8-9,12-13H2,1H3. The molecule has 21 heavy (non-hydrogen) atoms. The smallest absolute Gasteiger partial charge is 0.123 e. The molecule has 0 aromatic heterocycles. The van der Waals surface area contributed by atoms with Crippen LogP contribution in [0.4, 0.5) is 4.39 Å². The van der Waals surface area contributed by atoms with E-state index in [0.717, 1.165) is 31.6 Å². The van der Waals surface area contributed by atoms with Crippen LogP contribution in [0.2, 0.25) is 0 Å². The van der Waals surface area contributed by atoms with Gasteiger partial charge in [-0.15, -0.1) is 0 Å². The Hall–Kier alpha value is -1.44. The number of piperidine rings is 1. The van der Waals surface area contributed by atoms with Gasteiger partial charge < -0.3 is 5.32 Å². The molecule has 1 aromatic carbocycles. The minimum atomic E-state index is -0.267. The van der Waals surface area contributed by atoms with Gasteiger partial charge in [0.2, 0.25) is 0 Å². The highest BCUT2D eigenvalue weighted by Crippen LogP contribution is 2.15. The number of hydrogen-bond donors (Lipinski definition) is 1.